The summed E-state index contributed by atoms with van der Waals surface area (Å²) in [6, 6.07) is 3.73. The van der Waals surface area contributed by atoms with Gasteiger partial charge in [0.05, 0.1) is 12.7 Å². The average molecular weight is 354 g/mol. The Morgan fingerprint density at radius 3 is 2.96 bits per heavy atom. The topological polar surface area (TPSA) is 61.8 Å². The summed E-state index contributed by atoms with van der Waals surface area (Å²) in [6.45, 7) is 9.79. The number of morpholine rings is 1. The SMILES string of the molecule is CN=C(NCc1ccc(Cl)nc1)NCC1CN(CC(C)C)CCO1. The number of hydrogen-bond donors (Lipinski definition) is 2. The Balaban J connectivity index is 1.73. The normalized spacial score (nSPS) is 19.5. The molecule has 0 spiro atoms. The van der Waals surface area contributed by atoms with Crippen molar-refractivity contribution in [2.45, 2.75) is 26.5 Å². The Morgan fingerprint density at radius 2 is 2.29 bits per heavy atom. The van der Waals surface area contributed by atoms with Gasteiger partial charge in [-0.2, -0.15) is 0 Å². The van der Waals surface area contributed by atoms with Gasteiger partial charge in [0.2, 0.25) is 0 Å². The lowest BCUT2D eigenvalue weighted by atomic mass is 10.2. The number of ether oxygens (including phenoxy) is 1. The first-order valence-corrected chi connectivity index (χ1v) is 8.83. The van der Waals surface area contributed by atoms with E-state index in [9.17, 15) is 0 Å². The lowest BCUT2D eigenvalue weighted by molar-refractivity contribution is -0.0284. The number of rotatable bonds is 6. The zero-order valence-electron chi connectivity index (χ0n) is 14.8. The van der Waals surface area contributed by atoms with Crippen LogP contribution in [-0.4, -0.2) is 61.8 Å². The highest BCUT2D eigenvalue weighted by molar-refractivity contribution is 6.29. The van der Waals surface area contributed by atoms with E-state index in [1.54, 1.807) is 19.3 Å². The Labute approximate surface area is 149 Å². The Bertz CT molecular complexity index is 520. The van der Waals surface area contributed by atoms with Crippen LogP contribution in [0.3, 0.4) is 0 Å². The molecular formula is C17H28ClN5O. The highest BCUT2D eigenvalue weighted by atomic mass is 35.5. The summed E-state index contributed by atoms with van der Waals surface area (Å²) < 4.78 is 5.85. The third-order valence-corrected chi connectivity index (χ3v) is 4.04. The molecule has 2 N–H and O–H groups in total. The van der Waals surface area contributed by atoms with Gasteiger partial charge in [-0.15, -0.1) is 0 Å². The smallest absolute Gasteiger partial charge is 0.191 e. The van der Waals surface area contributed by atoms with Crippen LogP contribution < -0.4 is 10.6 Å². The molecule has 2 heterocycles. The molecule has 134 valence electrons. The van der Waals surface area contributed by atoms with Crippen LogP contribution in [0.2, 0.25) is 5.15 Å². The second-order valence-corrected chi connectivity index (χ2v) is 6.83. The van der Waals surface area contributed by atoms with Crippen LogP contribution in [0.1, 0.15) is 19.4 Å². The van der Waals surface area contributed by atoms with E-state index in [-0.39, 0.29) is 6.10 Å². The number of aliphatic imine (C=N–C) groups is 1. The van der Waals surface area contributed by atoms with Gasteiger partial charge in [-0.3, -0.25) is 9.89 Å². The van der Waals surface area contributed by atoms with Gasteiger partial charge >= 0.3 is 0 Å². The summed E-state index contributed by atoms with van der Waals surface area (Å²) in [5.41, 5.74) is 1.05. The van der Waals surface area contributed by atoms with E-state index in [1.807, 2.05) is 6.07 Å². The Morgan fingerprint density at radius 1 is 1.46 bits per heavy atom. The van der Waals surface area contributed by atoms with Crippen molar-refractivity contribution < 1.29 is 4.74 Å². The zero-order chi connectivity index (χ0) is 17.4. The number of nitrogens with one attached hydrogen (secondary N) is 2. The minimum atomic E-state index is 0.188. The van der Waals surface area contributed by atoms with Crippen LogP contribution in [0.5, 0.6) is 0 Å². The molecule has 2 rings (SSSR count). The summed E-state index contributed by atoms with van der Waals surface area (Å²) in [6.07, 6.45) is 1.95. The maximum absolute atomic E-state index is 5.85. The molecular weight excluding hydrogens is 326 g/mol. The number of pyridine rings is 1. The van der Waals surface area contributed by atoms with Crippen LogP contribution in [0.25, 0.3) is 0 Å². The minimum absolute atomic E-state index is 0.188. The third-order valence-electron chi connectivity index (χ3n) is 3.82. The lowest BCUT2D eigenvalue weighted by Gasteiger charge is -2.34. The van der Waals surface area contributed by atoms with Gasteiger partial charge in [0.1, 0.15) is 5.15 Å². The van der Waals surface area contributed by atoms with Gasteiger partial charge < -0.3 is 15.4 Å². The van der Waals surface area contributed by atoms with Crippen molar-refractivity contribution in [2.24, 2.45) is 10.9 Å². The van der Waals surface area contributed by atoms with Crippen molar-refractivity contribution in [3.8, 4) is 0 Å². The summed E-state index contributed by atoms with van der Waals surface area (Å²) in [4.78, 5) is 10.8. The predicted octanol–water partition coefficient (Wildman–Crippen LogP) is 1.76. The summed E-state index contributed by atoms with van der Waals surface area (Å²) in [7, 11) is 1.77. The molecule has 1 aliphatic heterocycles. The van der Waals surface area contributed by atoms with Crippen molar-refractivity contribution in [2.75, 3.05) is 39.8 Å². The summed E-state index contributed by atoms with van der Waals surface area (Å²) in [5, 5.41) is 7.11. The largest absolute Gasteiger partial charge is 0.374 e. The number of guanidine groups is 1. The molecule has 1 aromatic heterocycles. The van der Waals surface area contributed by atoms with Crippen molar-refractivity contribution >= 4 is 17.6 Å². The molecule has 0 aromatic carbocycles. The molecule has 0 amide bonds. The van der Waals surface area contributed by atoms with Crippen molar-refractivity contribution in [1.82, 2.24) is 20.5 Å². The molecule has 1 aliphatic rings. The third kappa shape index (κ3) is 6.63. The van der Waals surface area contributed by atoms with Crippen LogP contribution in [0.15, 0.2) is 23.3 Å². The first-order chi connectivity index (χ1) is 11.6. The molecule has 0 aliphatic carbocycles. The van der Waals surface area contributed by atoms with E-state index in [1.165, 1.54) is 0 Å². The number of nitrogens with zero attached hydrogens (tertiary/aromatic N) is 3. The average Bonchev–Trinajstić information content (AvgIpc) is 2.56. The van der Waals surface area contributed by atoms with Gasteiger partial charge in [0.25, 0.3) is 0 Å². The van der Waals surface area contributed by atoms with Crippen LogP contribution in [-0.2, 0) is 11.3 Å². The van der Waals surface area contributed by atoms with Crippen molar-refractivity contribution in [3.63, 3.8) is 0 Å². The fraction of sp³-hybridized carbons (Fsp3) is 0.647. The van der Waals surface area contributed by atoms with Gasteiger partial charge in [-0.25, -0.2) is 4.98 Å². The van der Waals surface area contributed by atoms with Crippen LogP contribution in [0, 0.1) is 5.92 Å². The van der Waals surface area contributed by atoms with E-state index in [2.05, 4.69) is 39.4 Å². The first-order valence-electron chi connectivity index (χ1n) is 8.45. The number of aromatic nitrogens is 1. The van der Waals surface area contributed by atoms with Crippen molar-refractivity contribution in [3.05, 3.63) is 29.0 Å². The molecule has 1 atom stereocenters. The van der Waals surface area contributed by atoms with Crippen LogP contribution in [0.4, 0.5) is 0 Å². The summed E-state index contributed by atoms with van der Waals surface area (Å²) in [5.74, 6) is 1.44. The van der Waals surface area contributed by atoms with Gasteiger partial charge in [0, 0.05) is 46.0 Å². The molecule has 1 saturated heterocycles. The quantitative estimate of drug-likeness (QED) is 0.463. The predicted molar refractivity (Wildman–Crippen MR) is 98.5 cm³/mol. The molecule has 7 heteroatoms. The summed E-state index contributed by atoms with van der Waals surface area (Å²) >= 11 is 5.80. The van der Waals surface area contributed by atoms with Crippen LogP contribution >= 0.6 is 11.6 Å². The molecule has 24 heavy (non-hydrogen) atoms. The molecule has 1 aromatic rings. The highest BCUT2D eigenvalue weighted by Crippen LogP contribution is 2.07. The first kappa shape index (κ1) is 19.0. The maximum atomic E-state index is 5.85. The number of hydrogen-bond acceptors (Lipinski definition) is 4. The number of halogens is 1. The molecule has 0 saturated carbocycles. The standard InChI is InChI=1S/C17H28ClN5O/c1-13(2)11-23-6-7-24-15(12-23)10-22-17(19-3)21-9-14-4-5-16(18)20-8-14/h4-5,8,13,15H,6-7,9-12H2,1-3H3,(H2,19,21,22). The van der Waals surface area contributed by atoms with Gasteiger partial charge in [0.15, 0.2) is 5.96 Å². The van der Waals surface area contributed by atoms with Gasteiger partial charge in [-0.1, -0.05) is 31.5 Å². The maximum Gasteiger partial charge on any atom is 0.191 e. The lowest BCUT2D eigenvalue weighted by Crippen LogP contribution is -2.50. The molecule has 6 nitrogen and oxygen atoms in total. The van der Waals surface area contributed by atoms with E-state index in [0.29, 0.717) is 17.6 Å². The second kappa shape index (κ2) is 9.81. The van der Waals surface area contributed by atoms with Gasteiger partial charge in [-0.05, 0) is 17.5 Å². The minimum Gasteiger partial charge on any atom is -0.374 e. The fourth-order valence-corrected chi connectivity index (χ4v) is 2.83. The molecule has 0 bridgehead atoms. The van der Waals surface area contributed by atoms with E-state index in [0.717, 1.165) is 44.3 Å². The molecule has 0 radical (unpaired) electrons. The molecule has 1 fully saturated rings. The highest BCUT2D eigenvalue weighted by Gasteiger charge is 2.20. The molecule has 1 unspecified atom stereocenters. The van der Waals surface area contributed by atoms with E-state index >= 15 is 0 Å². The monoisotopic (exact) mass is 353 g/mol. The fourth-order valence-electron chi connectivity index (χ4n) is 2.71. The van der Waals surface area contributed by atoms with E-state index < -0.39 is 0 Å². The Hall–Kier alpha value is -1.37. The zero-order valence-corrected chi connectivity index (χ0v) is 15.5. The van der Waals surface area contributed by atoms with E-state index in [4.69, 9.17) is 16.3 Å². The van der Waals surface area contributed by atoms with Crippen molar-refractivity contribution in [1.29, 1.82) is 0 Å². The second-order valence-electron chi connectivity index (χ2n) is 6.44. The Kier molecular flexibility index (Phi) is 7.75.